The number of carbonyl (C=O) groups excluding carboxylic acids is 1. The average molecular weight is 627 g/mol. The minimum absolute atomic E-state index is 0.00875. The van der Waals surface area contributed by atoms with Crippen LogP contribution < -0.4 is 4.72 Å². The molecule has 1 saturated carbocycles. The van der Waals surface area contributed by atoms with Crippen molar-refractivity contribution in [1.82, 2.24) is 19.7 Å². The number of Topliss-reactive ketones (excluding diaryl/α,β-unsaturated/α-hetero) is 1. The predicted molar refractivity (Wildman–Crippen MR) is 174 cm³/mol. The van der Waals surface area contributed by atoms with Gasteiger partial charge in [-0.3, -0.25) is 4.79 Å². The van der Waals surface area contributed by atoms with Crippen molar-refractivity contribution in [2.75, 3.05) is 33.0 Å². The molecule has 2 rings (SSSR count). The summed E-state index contributed by atoms with van der Waals surface area (Å²) < 4.78 is 42.9. The lowest BCUT2D eigenvalue weighted by atomic mass is 9.70. The number of nitrogens with zero attached hydrogens (tertiary/aromatic N) is 3. The van der Waals surface area contributed by atoms with Gasteiger partial charge in [-0.15, -0.1) is 5.10 Å². The third kappa shape index (κ3) is 11.8. The molecule has 0 aromatic carbocycles. The first-order chi connectivity index (χ1) is 19.9. The van der Waals surface area contributed by atoms with Gasteiger partial charge in [0.1, 0.15) is 5.78 Å². The van der Waals surface area contributed by atoms with Crippen molar-refractivity contribution >= 4 is 15.8 Å². The Labute approximate surface area is 262 Å². The second kappa shape index (κ2) is 16.3. The lowest BCUT2D eigenvalue weighted by Crippen LogP contribution is -2.45. The second-order valence-corrected chi connectivity index (χ2v) is 17.7. The van der Waals surface area contributed by atoms with Gasteiger partial charge >= 0.3 is 0 Å². The molecule has 1 fully saturated rings. The molecule has 250 valence electrons. The number of sulfonamides is 1. The molecule has 2 atom stereocenters. The molecule has 1 aliphatic rings. The largest absolute Gasteiger partial charge is 0.379 e. The van der Waals surface area contributed by atoms with Gasteiger partial charge in [0.25, 0.3) is 0 Å². The van der Waals surface area contributed by atoms with Gasteiger partial charge < -0.3 is 9.47 Å². The minimum atomic E-state index is -3.56. The summed E-state index contributed by atoms with van der Waals surface area (Å²) in [5.41, 5.74) is 0.542. The number of nitrogens with one attached hydrogen (secondary N) is 1. The zero-order valence-corrected chi connectivity index (χ0v) is 29.6. The minimum Gasteiger partial charge on any atom is -0.379 e. The first kappa shape index (κ1) is 37.8. The van der Waals surface area contributed by atoms with E-state index >= 15 is 0 Å². The van der Waals surface area contributed by atoms with Crippen molar-refractivity contribution in [2.45, 2.75) is 149 Å². The van der Waals surface area contributed by atoms with Crippen LogP contribution in [-0.2, 0) is 29.8 Å². The smallest absolute Gasteiger partial charge is 0.217 e. The first-order valence-electron chi connectivity index (χ1n) is 16.5. The number of ether oxygens (including phenoxy) is 2. The summed E-state index contributed by atoms with van der Waals surface area (Å²) in [7, 11) is -3.56. The van der Waals surface area contributed by atoms with Crippen molar-refractivity contribution in [1.29, 1.82) is 0 Å². The van der Waals surface area contributed by atoms with Crippen LogP contribution in [-0.4, -0.2) is 66.9 Å². The van der Waals surface area contributed by atoms with Crippen molar-refractivity contribution in [3.05, 3.63) is 11.9 Å². The van der Waals surface area contributed by atoms with E-state index in [1.807, 2.05) is 38.6 Å². The van der Waals surface area contributed by atoms with Gasteiger partial charge in [-0.2, -0.15) is 0 Å². The average Bonchev–Trinajstić information content (AvgIpc) is 3.38. The lowest BCUT2D eigenvalue weighted by molar-refractivity contribution is -0.127. The number of aromatic nitrogens is 3. The van der Waals surface area contributed by atoms with Crippen molar-refractivity contribution < 1.29 is 22.7 Å². The van der Waals surface area contributed by atoms with E-state index in [0.29, 0.717) is 58.7 Å². The number of hydrogen-bond donors (Lipinski definition) is 1. The Morgan fingerprint density at radius 2 is 1.53 bits per heavy atom. The van der Waals surface area contributed by atoms with E-state index < -0.39 is 14.8 Å². The van der Waals surface area contributed by atoms with E-state index in [-0.39, 0.29) is 28.1 Å². The molecule has 9 nitrogen and oxygen atoms in total. The van der Waals surface area contributed by atoms with Crippen LogP contribution >= 0.6 is 0 Å². The number of carbonyl (C=O) groups is 1. The monoisotopic (exact) mass is 626 g/mol. The third-order valence-electron chi connectivity index (χ3n) is 9.09. The summed E-state index contributed by atoms with van der Waals surface area (Å²) in [5.74, 6) is 0.335. The van der Waals surface area contributed by atoms with Crippen LogP contribution in [0.15, 0.2) is 6.20 Å². The molecule has 1 aromatic rings. The summed E-state index contributed by atoms with van der Waals surface area (Å²) >= 11 is 0. The van der Waals surface area contributed by atoms with Gasteiger partial charge in [0.05, 0.1) is 42.0 Å². The van der Waals surface area contributed by atoms with Crippen molar-refractivity contribution in [3.63, 3.8) is 0 Å². The molecule has 1 heterocycles. The summed E-state index contributed by atoms with van der Waals surface area (Å²) in [4.78, 5) is 12.0. The second-order valence-electron chi connectivity index (χ2n) is 15.4. The fourth-order valence-electron chi connectivity index (χ4n) is 5.99. The van der Waals surface area contributed by atoms with Crippen LogP contribution in [0.2, 0.25) is 0 Å². The zero-order chi connectivity index (χ0) is 32.4. The van der Waals surface area contributed by atoms with Gasteiger partial charge in [0.2, 0.25) is 10.0 Å². The highest BCUT2D eigenvalue weighted by molar-refractivity contribution is 7.90. The SMILES string of the molecule is CC(C)(C)C(=O)CCOCCOCCCNS(=O)(=O)C1(C)CCCCCCCC(C)(C)C(c2cnnn2C(C)(C)C)CC1. The molecule has 0 radical (unpaired) electrons. The molecular formula is C33H62N4O5S. The maximum Gasteiger partial charge on any atom is 0.217 e. The summed E-state index contributed by atoms with van der Waals surface area (Å²) in [6.45, 7) is 20.8. The van der Waals surface area contributed by atoms with E-state index in [0.717, 1.165) is 37.8 Å². The van der Waals surface area contributed by atoms with Gasteiger partial charge in [0, 0.05) is 30.9 Å². The topological polar surface area (TPSA) is 112 Å². The molecule has 1 aromatic heterocycles. The molecule has 1 aliphatic carbocycles. The van der Waals surface area contributed by atoms with Crippen LogP contribution in [0.4, 0.5) is 0 Å². The van der Waals surface area contributed by atoms with Gasteiger partial charge in [0.15, 0.2) is 0 Å². The Morgan fingerprint density at radius 1 is 0.930 bits per heavy atom. The Kier molecular flexibility index (Phi) is 14.3. The highest BCUT2D eigenvalue weighted by atomic mass is 32.2. The van der Waals surface area contributed by atoms with Crippen molar-refractivity contribution in [2.24, 2.45) is 10.8 Å². The highest BCUT2D eigenvalue weighted by Gasteiger charge is 2.42. The van der Waals surface area contributed by atoms with Gasteiger partial charge in [-0.1, -0.05) is 71.9 Å². The van der Waals surface area contributed by atoms with Crippen molar-refractivity contribution in [3.8, 4) is 0 Å². The Balaban J connectivity index is 1.97. The highest BCUT2D eigenvalue weighted by Crippen LogP contribution is 2.46. The molecule has 43 heavy (non-hydrogen) atoms. The lowest BCUT2D eigenvalue weighted by Gasteiger charge is -2.39. The Bertz CT molecular complexity index is 1090. The molecule has 0 amide bonds. The van der Waals surface area contributed by atoms with Crippen LogP contribution in [0.3, 0.4) is 0 Å². The molecule has 1 N–H and O–H groups in total. The number of rotatable bonds is 13. The Hall–Kier alpha value is -1.36. The number of ketones is 1. The Morgan fingerprint density at radius 3 is 2.16 bits per heavy atom. The molecule has 0 spiro atoms. The van der Waals surface area contributed by atoms with Crippen LogP contribution in [0, 0.1) is 10.8 Å². The molecule has 0 aliphatic heterocycles. The maximum absolute atomic E-state index is 13.8. The van der Waals surface area contributed by atoms with Gasteiger partial charge in [-0.05, 0) is 65.2 Å². The normalized spacial score (nSPS) is 23.0. The van der Waals surface area contributed by atoms with Crippen LogP contribution in [0.25, 0.3) is 0 Å². The van der Waals surface area contributed by atoms with Gasteiger partial charge in [-0.25, -0.2) is 17.8 Å². The van der Waals surface area contributed by atoms with Crippen LogP contribution in [0.1, 0.15) is 145 Å². The third-order valence-corrected chi connectivity index (χ3v) is 11.4. The quantitative estimate of drug-likeness (QED) is 0.240. The predicted octanol–water partition coefficient (Wildman–Crippen LogP) is 6.77. The standard InChI is InChI=1S/C33H62N4O5S/c1-30(2,3)29(38)17-23-42-25-24-41-22-15-21-35-43(39,40)33(9)19-14-12-10-11-13-18-32(7,8)27(16-20-33)28-26-34-36-37(28)31(4,5)6/h26-27,35H,10-25H2,1-9H3. The number of hydrogen-bond acceptors (Lipinski definition) is 7. The molecule has 2 unspecified atom stereocenters. The van der Waals surface area contributed by atoms with E-state index in [1.54, 1.807) is 0 Å². The maximum atomic E-state index is 13.8. The fraction of sp³-hybridized carbons (Fsp3) is 0.909. The molecule has 10 heteroatoms. The summed E-state index contributed by atoms with van der Waals surface area (Å²) in [6.07, 6.45) is 11.4. The fourth-order valence-corrected chi connectivity index (χ4v) is 7.55. The van der Waals surface area contributed by atoms with Crippen LogP contribution in [0.5, 0.6) is 0 Å². The molecule has 0 bridgehead atoms. The molecular weight excluding hydrogens is 564 g/mol. The summed E-state index contributed by atoms with van der Waals surface area (Å²) in [5, 5.41) is 8.74. The first-order valence-corrected chi connectivity index (χ1v) is 18.0. The van der Waals surface area contributed by atoms with E-state index in [1.165, 1.54) is 12.8 Å². The molecule has 0 saturated heterocycles. The van der Waals surface area contributed by atoms with E-state index in [9.17, 15) is 13.2 Å². The summed E-state index contributed by atoms with van der Waals surface area (Å²) in [6, 6.07) is 0. The van der Waals surface area contributed by atoms with E-state index in [4.69, 9.17) is 9.47 Å². The zero-order valence-electron chi connectivity index (χ0n) is 28.8. The van der Waals surface area contributed by atoms with E-state index in [2.05, 4.69) is 49.7 Å².